The van der Waals surface area contributed by atoms with Crippen molar-refractivity contribution in [3.05, 3.63) is 193 Å². The number of halogens is 4. The van der Waals surface area contributed by atoms with Gasteiger partial charge in [0.1, 0.15) is 0 Å². The molecule has 6 aromatic carbocycles. The van der Waals surface area contributed by atoms with Gasteiger partial charge in [-0.2, -0.15) is 4.99 Å². The standard InChI is InChI=1S/C21H25ClN2OS.C19H21ClN2OS.C12H13NOS.C7H8ClN.CH3F/c1-6-26-20(23-18-13-14(2)7-12-17(18)22)24-19(25)15-8-10-16(11-9-15)21(3,4)5;1-12-5-10-15(20)16(11-12)21-18(24)22-17(23)13-6-8-14(9-7-13)19(2,3)4;1-12(2,3)10-6-4-9(5-7-10)11(14)13-8-15;1-5-2-3-6(8)7(9)4-5;1-2/h7-13H,6H2,1-5H3,(H,23,24,25);5-11H,1-4H3,(H2,21,22,23,24);4-7H,1-3H3;2-4H,9H2,1H3;1H3/i;;;;1D. The molecule has 16 heteroatoms. The molecule has 0 bridgehead atoms. The van der Waals surface area contributed by atoms with Crippen LogP contribution in [0.2, 0.25) is 15.1 Å². The van der Waals surface area contributed by atoms with Gasteiger partial charge in [-0.1, -0.05) is 170 Å². The van der Waals surface area contributed by atoms with Crippen LogP contribution in [0, 0.1) is 20.8 Å². The number of rotatable bonds is 6. The number of hydrogen-bond donors (Lipinski definition) is 4. The van der Waals surface area contributed by atoms with Crippen molar-refractivity contribution < 1.29 is 20.1 Å². The molecule has 6 aromatic rings. The largest absolute Gasteiger partial charge is 0.398 e. The van der Waals surface area contributed by atoms with E-state index in [1.165, 1.54) is 28.5 Å². The minimum atomic E-state index is -1.00. The first-order chi connectivity index (χ1) is 35.9. The number of anilines is 2. The molecule has 6 rings (SSSR count). The number of nitrogens with one attached hydrogen (secondary N) is 3. The molecule has 0 aromatic heterocycles. The Hall–Kier alpha value is -5.76. The van der Waals surface area contributed by atoms with E-state index in [9.17, 15) is 18.8 Å². The van der Waals surface area contributed by atoms with E-state index >= 15 is 0 Å². The second kappa shape index (κ2) is 31.5. The summed E-state index contributed by atoms with van der Waals surface area (Å²) >= 11 is 29.0. The van der Waals surface area contributed by atoms with E-state index < -0.39 is 7.15 Å². The number of carbonyl (C=O) groups is 3. The van der Waals surface area contributed by atoms with E-state index in [0.717, 1.165) is 22.4 Å². The molecule has 76 heavy (non-hydrogen) atoms. The van der Waals surface area contributed by atoms with Crippen molar-refractivity contribution in [2.24, 2.45) is 9.98 Å². The molecule has 0 spiro atoms. The number of nitrogen functional groups attached to an aromatic ring is 1. The first kappa shape index (κ1) is 64.5. The summed E-state index contributed by atoms with van der Waals surface area (Å²) < 4.78 is 15.5. The molecule has 0 aliphatic rings. The molecule has 0 aliphatic heterocycles. The normalized spacial score (nSPS) is 11.1. The van der Waals surface area contributed by atoms with Crippen LogP contribution in [0.25, 0.3) is 0 Å². The topological polar surface area (TPSA) is 138 Å². The van der Waals surface area contributed by atoms with E-state index in [0.29, 0.717) is 54.0 Å². The molecule has 0 atom stereocenters. The minimum Gasteiger partial charge on any atom is -0.398 e. The predicted octanol–water partition coefficient (Wildman–Crippen LogP) is 17.2. The third kappa shape index (κ3) is 23.2. The SMILES string of the molecule is CC(C)(C)c1ccc(C(=O)N=C=S)cc1.CCSC(=Nc1cc(C)ccc1Cl)NC(=O)c1ccc(C(C)(C)C)cc1.Cc1ccc(Cl)c(N)c1.Cc1ccc(Cl)c(NC(=S)NC(=O)c2ccc(C(C)(C)C)cc2)c1.[2H]CF. The fourth-order valence-electron chi connectivity index (χ4n) is 6.41. The van der Waals surface area contributed by atoms with Gasteiger partial charge in [-0.15, -0.1) is 0 Å². The summed E-state index contributed by atoms with van der Waals surface area (Å²) in [5.41, 5.74) is 16.2. The van der Waals surface area contributed by atoms with E-state index in [1.807, 2.05) is 119 Å². The first-order valence-electron chi connectivity index (χ1n) is 24.6. The lowest BCUT2D eigenvalue weighted by Crippen LogP contribution is -2.34. The monoisotopic (exact) mass is 1140 g/mol. The minimum absolute atomic E-state index is 0.0494. The summed E-state index contributed by atoms with van der Waals surface area (Å²) in [4.78, 5) is 44.2. The number of amides is 3. The van der Waals surface area contributed by atoms with Crippen LogP contribution in [0.5, 0.6) is 0 Å². The van der Waals surface area contributed by atoms with Gasteiger partial charge < -0.3 is 16.4 Å². The smallest absolute Gasteiger partial charge is 0.285 e. The van der Waals surface area contributed by atoms with Crippen LogP contribution in [0.1, 0.15) is 135 Å². The highest BCUT2D eigenvalue weighted by atomic mass is 35.5. The average Bonchev–Trinajstić information content (AvgIpc) is 3.35. The molecule has 0 fully saturated rings. The molecule has 0 radical (unpaired) electrons. The molecule has 0 saturated carbocycles. The Kier molecular flexibility index (Phi) is 26.7. The Balaban J connectivity index is 0.000000365. The lowest BCUT2D eigenvalue weighted by Gasteiger charge is -2.19. The van der Waals surface area contributed by atoms with Gasteiger partial charge in [0.15, 0.2) is 10.3 Å². The average molecular weight is 1150 g/mol. The second-order valence-electron chi connectivity index (χ2n) is 20.2. The van der Waals surface area contributed by atoms with E-state index in [1.54, 1.807) is 36.4 Å². The summed E-state index contributed by atoms with van der Waals surface area (Å²) in [6.07, 6.45) is 0. The lowest BCUT2D eigenvalue weighted by atomic mass is 9.86. The van der Waals surface area contributed by atoms with Crippen LogP contribution >= 0.6 is 71.0 Å². The number of thioether (sulfide) groups is 1. The quantitative estimate of drug-likeness (QED) is 0.0560. The number of hydrogen-bond acceptors (Lipinski definition) is 8. The van der Waals surface area contributed by atoms with Gasteiger partial charge in [0, 0.05) is 16.7 Å². The highest BCUT2D eigenvalue weighted by Crippen LogP contribution is 2.28. The number of benzene rings is 6. The van der Waals surface area contributed by atoms with E-state index in [4.69, 9.17) is 54.1 Å². The van der Waals surface area contributed by atoms with Gasteiger partial charge in [-0.3, -0.25) is 24.1 Å². The second-order valence-corrected chi connectivity index (χ2v) is 23.2. The fourth-order valence-corrected chi connectivity index (χ4v) is 7.74. The lowest BCUT2D eigenvalue weighted by molar-refractivity contribution is 0.0969. The number of alkyl halides is 1. The Labute approximate surface area is 481 Å². The molecular formula is C60H70Cl3FN6O3S3. The third-order valence-electron chi connectivity index (χ3n) is 10.7. The van der Waals surface area contributed by atoms with Crippen LogP contribution in [0.4, 0.5) is 21.5 Å². The van der Waals surface area contributed by atoms with Crippen molar-refractivity contribution in [3.8, 4) is 0 Å². The molecule has 5 N–H and O–H groups in total. The maximum absolute atomic E-state index is 12.6. The first-order valence-corrected chi connectivity index (χ1v) is 26.9. The molecule has 0 unspecified atom stereocenters. The Morgan fingerprint density at radius 3 is 1.43 bits per heavy atom. The highest BCUT2D eigenvalue weighted by molar-refractivity contribution is 8.13. The fraction of sp³-hybridized carbons (Fsp3) is 0.300. The van der Waals surface area contributed by atoms with Crippen LogP contribution in [-0.2, 0) is 16.2 Å². The van der Waals surface area contributed by atoms with Crippen LogP contribution in [0.3, 0.4) is 0 Å². The van der Waals surface area contributed by atoms with Gasteiger partial charge >= 0.3 is 0 Å². The molecule has 0 aliphatic carbocycles. The predicted molar refractivity (Wildman–Crippen MR) is 331 cm³/mol. The van der Waals surface area contributed by atoms with E-state index in [-0.39, 0.29) is 39.1 Å². The molecule has 3 amide bonds. The van der Waals surface area contributed by atoms with Crippen LogP contribution in [-0.4, -0.2) is 46.1 Å². The summed E-state index contributed by atoms with van der Waals surface area (Å²) in [5.74, 6) is 0.0297. The van der Waals surface area contributed by atoms with Crippen molar-refractivity contribution >= 4 is 121 Å². The number of amidine groups is 1. The zero-order valence-corrected chi connectivity index (χ0v) is 50.2. The number of thiocarbonyl (C=S) groups is 2. The van der Waals surface area contributed by atoms with Gasteiger partial charge in [0.05, 0.1) is 45.8 Å². The maximum atomic E-state index is 12.6. The summed E-state index contributed by atoms with van der Waals surface area (Å²) in [6.45, 7) is 27.2. The van der Waals surface area contributed by atoms with Gasteiger partial charge in [0.2, 0.25) is 0 Å². The van der Waals surface area contributed by atoms with Crippen molar-refractivity contribution in [2.75, 3.05) is 24.0 Å². The third-order valence-corrected chi connectivity index (χ3v) is 12.8. The van der Waals surface area contributed by atoms with Crippen molar-refractivity contribution in [2.45, 2.75) is 106 Å². The van der Waals surface area contributed by atoms with Crippen molar-refractivity contribution in [1.82, 2.24) is 10.6 Å². The summed E-state index contributed by atoms with van der Waals surface area (Å²) in [7, 11) is -1.00. The van der Waals surface area contributed by atoms with Crippen molar-refractivity contribution in [1.29, 1.82) is 0 Å². The number of carbonyl (C=O) groups excluding carboxylic acids is 3. The van der Waals surface area contributed by atoms with Gasteiger partial charge in [0.25, 0.3) is 17.7 Å². The Morgan fingerprint density at radius 1 is 0.632 bits per heavy atom. The zero-order chi connectivity index (χ0) is 58.3. The summed E-state index contributed by atoms with van der Waals surface area (Å²) in [5, 5.41) is 13.1. The molecule has 0 heterocycles. The Morgan fingerprint density at radius 2 is 1.03 bits per heavy atom. The number of aliphatic imine (C=N–C) groups is 2. The Bertz CT molecular complexity index is 3010. The zero-order valence-electron chi connectivity index (χ0n) is 46.5. The van der Waals surface area contributed by atoms with Crippen LogP contribution in [0.15, 0.2) is 137 Å². The maximum Gasteiger partial charge on any atom is 0.285 e. The number of aryl methyl sites for hydroxylation is 3. The molecule has 404 valence electrons. The molecule has 0 saturated heterocycles. The van der Waals surface area contributed by atoms with Crippen LogP contribution < -0.4 is 21.7 Å². The molecular weight excluding hydrogens is 1070 g/mol. The molecule has 9 nitrogen and oxygen atoms in total. The van der Waals surface area contributed by atoms with Crippen molar-refractivity contribution in [3.63, 3.8) is 0 Å². The highest BCUT2D eigenvalue weighted by Gasteiger charge is 2.18. The summed E-state index contributed by atoms with van der Waals surface area (Å²) in [6, 6.07) is 39.4. The number of isothiocyanates is 1. The number of nitrogens with two attached hydrogens (primary N) is 1. The van der Waals surface area contributed by atoms with Gasteiger partial charge in [-0.25, -0.2) is 4.99 Å². The van der Waals surface area contributed by atoms with E-state index in [2.05, 4.69) is 106 Å². The number of nitrogens with zero attached hydrogens (tertiary/aromatic N) is 2. The van der Waals surface area contributed by atoms with Gasteiger partial charge in [-0.05, 0) is 173 Å².